The minimum atomic E-state index is -0.189. The molecule has 0 aliphatic carbocycles. The largest absolute Gasteiger partial charge is 0.275 e. The van der Waals surface area contributed by atoms with E-state index in [1.54, 1.807) is 0 Å². The molecule has 0 amide bonds. The summed E-state index contributed by atoms with van der Waals surface area (Å²) in [7, 11) is 0. The Labute approximate surface area is 78.8 Å². The van der Waals surface area contributed by atoms with E-state index in [2.05, 4.69) is 36.2 Å². The highest BCUT2D eigenvalue weighted by atomic mass is 14.9. The molecule has 0 aromatic heterocycles. The van der Waals surface area contributed by atoms with Gasteiger partial charge in [0.1, 0.15) is 5.54 Å². The smallest absolute Gasteiger partial charge is 0.102 e. The number of nitrogens with zero attached hydrogens (tertiary/aromatic N) is 1. The van der Waals surface area contributed by atoms with Crippen molar-refractivity contribution in [1.29, 1.82) is 0 Å². The van der Waals surface area contributed by atoms with Crippen molar-refractivity contribution in [3.63, 3.8) is 0 Å². The Hall–Kier alpha value is -1.37. The molecule has 0 fully saturated rings. The van der Waals surface area contributed by atoms with Crippen LogP contribution in [0.5, 0.6) is 0 Å². The first-order valence-electron chi connectivity index (χ1n) is 4.44. The SMILES string of the molecule is CC1=NC(C)(c2[c]cccc2)C=C1. The van der Waals surface area contributed by atoms with Gasteiger partial charge in [-0.3, -0.25) is 4.99 Å². The second-order valence-electron chi connectivity index (χ2n) is 3.51. The fraction of sp³-hybridized carbons (Fsp3) is 0.250. The maximum Gasteiger partial charge on any atom is 0.102 e. The normalized spacial score (nSPS) is 26.2. The average molecular weight is 170 g/mol. The Kier molecular flexibility index (Phi) is 1.80. The van der Waals surface area contributed by atoms with Gasteiger partial charge in [0, 0.05) is 5.71 Å². The third-order valence-electron chi connectivity index (χ3n) is 2.31. The highest BCUT2D eigenvalue weighted by Crippen LogP contribution is 2.30. The summed E-state index contributed by atoms with van der Waals surface area (Å²) < 4.78 is 0. The van der Waals surface area contributed by atoms with Gasteiger partial charge in [-0.05, 0) is 31.6 Å². The lowest BCUT2D eigenvalue weighted by atomic mass is 9.94. The van der Waals surface area contributed by atoms with E-state index < -0.39 is 0 Å². The molecular weight excluding hydrogens is 158 g/mol. The van der Waals surface area contributed by atoms with Gasteiger partial charge in [-0.1, -0.05) is 30.3 Å². The highest BCUT2D eigenvalue weighted by molar-refractivity contribution is 5.95. The van der Waals surface area contributed by atoms with Gasteiger partial charge in [0.2, 0.25) is 0 Å². The second-order valence-corrected chi connectivity index (χ2v) is 3.51. The topological polar surface area (TPSA) is 12.4 Å². The standard InChI is InChI=1S/C12H12N/c1-10-8-9-12(2,13-10)11-6-4-3-5-7-11/h3-6,8-9H,1-2H3. The maximum absolute atomic E-state index is 4.56. The molecule has 13 heavy (non-hydrogen) atoms. The van der Waals surface area contributed by atoms with Crippen molar-refractivity contribution >= 4 is 5.71 Å². The van der Waals surface area contributed by atoms with Crippen LogP contribution < -0.4 is 0 Å². The summed E-state index contributed by atoms with van der Waals surface area (Å²) in [6.45, 7) is 4.12. The summed E-state index contributed by atoms with van der Waals surface area (Å²) in [6.07, 6.45) is 4.18. The Bertz CT molecular complexity index is 362. The van der Waals surface area contributed by atoms with Gasteiger partial charge in [0.05, 0.1) is 0 Å². The van der Waals surface area contributed by atoms with Crippen molar-refractivity contribution in [2.24, 2.45) is 4.99 Å². The molecule has 0 N–H and O–H groups in total. The molecule has 1 atom stereocenters. The summed E-state index contributed by atoms with van der Waals surface area (Å²) in [6, 6.07) is 11.2. The van der Waals surface area contributed by atoms with Crippen LogP contribution in [0.1, 0.15) is 19.4 Å². The molecule has 1 heterocycles. The Morgan fingerprint density at radius 1 is 1.38 bits per heavy atom. The highest BCUT2D eigenvalue weighted by Gasteiger charge is 2.25. The van der Waals surface area contributed by atoms with E-state index in [-0.39, 0.29) is 5.54 Å². The number of allylic oxidation sites excluding steroid dienone is 1. The molecular formula is C12H12N. The molecule has 0 saturated carbocycles. The molecule has 1 aliphatic rings. The minimum absolute atomic E-state index is 0.189. The van der Waals surface area contributed by atoms with E-state index in [4.69, 9.17) is 0 Å². The van der Waals surface area contributed by atoms with Gasteiger partial charge >= 0.3 is 0 Å². The lowest BCUT2D eigenvalue weighted by Gasteiger charge is -2.18. The van der Waals surface area contributed by atoms with E-state index in [1.165, 1.54) is 0 Å². The molecule has 1 heteroatoms. The predicted octanol–water partition coefficient (Wildman–Crippen LogP) is 2.73. The molecule has 1 aliphatic heterocycles. The molecule has 0 saturated heterocycles. The van der Waals surface area contributed by atoms with Gasteiger partial charge in [-0.15, -0.1) is 0 Å². The lowest BCUT2D eigenvalue weighted by Crippen LogP contribution is -2.13. The van der Waals surface area contributed by atoms with Gasteiger partial charge in [-0.2, -0.15) is 0 Å². The van der Waals surface area contributed by atoms with Crippen LogP contribution >= 0.6 is 0 Å². The van der Waals surface area contributed by atoms with Crippen LogP contribution in [0.2, 0.25) is 0 Å². The number of benzene rings is 1. The first-order valence-corrected chi connectivity index (χ1v) is 4.44. The first kappa shape index (κ1) is 8.24. The fourth-order valence-electron chi connectivity index (χ4n) is 1.58. The zero-order valence-electron chi connectivity index (χ0n) is 7.91. The lowest BCUT2D eigenvalue weighted by molar-refractivity contribution is 0.644. The van der Waals surface area contributed by atoms with Crippen LogP contribution in [-0.2, 0) is 5.54 Å². The average Bonchev–Trinajstić information content (AvgIpc) is 2.49. The van der Waals surface area contributed by atoms with Crippen LogP contribution in [0, 0.1) is 6.07 Å². The number of hydrogen-bond acceptors (Lipinski definition) is 1. The van der Waals surface area contributed by atoms with Crippen LogP contribution in [0.4, 0.5) is 0 Å². The molecule has 1 radical (unpaired) electrons. The van der Waals surface area contributed by atoms with Crippen molar-refractivity contribution < 1.29 is 0 Å². The van der Waals surface area contributed by atoms with E-state index in [9.17, 15) is 0 Å². The molecule has 0 bridgehead atoms. The van der Waals surface area contributed by atoms with E-state index in [0.29, 0.717) is 0 Å². The summed E-state index contributed by atoms with van der Waals surface area (Å²) in [4.78, 5) is 4.56. The molecule has 1 aromatic carbocycles. The van der Waals surface area contributed by atoms with Gasteiger partial charge < -0.3 is 0 Å². The van der Waals surface area contributed by atoms with Crippen molar-refractivity contribution in [3.05, 3.63) is 48.0 Å². The predicted molar refractivity (Wildman–Crippen MR) is 54.9 cm³/mol. The first-order chi connectivity index (χ1) is 6.21. The van der Waals surface area contributed by atoms with E-state index >= 15 is 0 Å². The van der Waals surface area contributed by atoms with Crippen molar-refractivity contribution in [3.8, 4) is 0 Å². The minimum Gasteiger partial charge on any atom is -0.275 e. The summed E-state index contributed by atoms with van der Waals surface area (Å²) in [5.74, 6) is 0. The third kappa shape index (κ3) is 1.42. The molecule has 65 valence electrons. The van der Waals surface area contributed by atoms with E-state index in [1.807, 2.05) is 25.1 Å². The van der Waals surface area contributed by atoms with Crippen molar-refractivity contribution in [2.75, 3.05) is 0 Å². The van der Waals surface area contributed by atoms with Crippen molar-refractivity contribution in [2.45, 2.75) is 19.4 Å². The molecule has 1 aromatic rings. The number of rotatable bonds is 1. The van der Waals surface area contributed by atoms with Crippen LogP contribution in [0.15, 0.2) is 41.4 Å². The monoisotopic (exact) mass is 170 g/mol. The van der Waals surface area contributed by atoms with Gasteiger partial charge in [0.15, 0.2) is 0 Å². The quantitative estimate of drug-likeness (QED) is 0.614. The summed E-state index contributed by atoms with van der Waals surface area (Å²) in [5, 5.41) is 0. The zero-order chi connectivity index (χ0) is 9.31. The number of aliphatic imine (C=N–C) groups is 1. The van der Waals surface area contributed by atoms with Gasteiger partial charge in [0.25, 0.3) is 0 Å². The van der Waals surface area contributed by atoms with Crippen LogP contribution in [-0.4, -0.2) is 5.71 Å². The number of hydrogen-bond donors (Lipinski definition) is 0. The van der Waals surface area contributed by atoms with Crippen molar-refractivity contribution in [1.82, 2.24) is 0 Å². The second kappa shape index (κ2) is 2.84. The third-order valence-corrected chi connectivity index (χ3v) is 2.31. The molecule has 0 spiro atoms. The van der Waals surface area contributed by atoms with Crippen LogP contribution in [0.3, 0.4) is 0 Å². The summed E-state index contributed by atoms with van der Waals surface area (Å²) in [5.41, 5.74) is 2.02. The zero-order valence-corrected chi connectivity index (χ0v) is 7.91. The summed E-state index contributed by atoms with van der Waals surface area (Å²) >= 11 is 0. The molecule has 1 unspecified atom stereocenters. The maximum atomic E-state index is 4.56. The van der Waals surface area contributed by atoms with Crippen LogP contribution in [0.25, 0.3) is 0 Å². The Morgan fingerprint density at radius 2 is 2.23 bits per heavy atom. The Morgan fingerprint density at radius 3 is 2.77 bits per heavy atom. The fourth-order valence-corrected chi connectivity index (χ4v) is 1.58. The van der Waals surface area contributed by atoms with Gasteiger partial charge in [-0.25, -0.2) is 0 Å². The van der Waals surface area contributed by atoms with E-state index in [0.717, 1.165) is 11.3 Å². The Balaban J connectivity index is 2.43. The molecule has 2 rings (SSSR count). The molecule has 1 nitrogen and oxygen atoms in total.